The van der Waals surface area contributed by atoms with Gasteiger partial charge in [0.05, 0.1) is 6.20 Å². The molecule has 0 aliphatic carbocycles. The number of amides is 1. The van der Waals surface area contributed by atoms with Crippen molar-refractivity contribution in [2.45, 2.75) is 51.5 Å². The fourth-order valence-corrected chi connectivity index (χ4v) is 2.85. The Morgan fingerprint density at radius 3 is 2.67 bits per heavy atom. The van der Waals surface area contributed by atoms with E-state index in [0.29, 0.717) is 12.3 Å². The molecule has 1 amide bonds. The minimum Gasteiger partial charge on any atom is -0.343 e. The molecule has 5 nitrogen and oxygen atoms in total. The molecule has 1 fully saturated rings. The van der Waals surface area contributed by atoms with Crippen molar-refractivity contribution in [3.05, 3.63) is 18.0 Å². The number of aromatic nitrogens is 2. The lowest BCUT2D eigenvalue weighted by Gasteiger charge is -2.22. The number of aryl methyl sites for hydroxylation is 1. The Labute approximate surface area is 127 Å². The molecule has 2 heterocycles. The molecule has 1 atom stereocenters. The highest BCUT2D eigenvalue weighted by Gasteiger charge is 2.17. The van der Waals surface area contributed by atoms with Gasteiger partial charge in [-0.05, 0) is 38.3 Å². The van der Waals surface area contributed by atoms with Crippen LogP contribution in [0.2, 0.25) is 0 Å². The van der Waals surface area contributed by atoms with Gasteiger partial charge in [0.15, 0.2) is 0 Å². The molecule has 1 aromatic heterocycles. The minimum atomic E-state index is 0.234. The zero-order valence-corrected chi connectivity index (χ0v) is 13.3. The topological polar surface area (TPSA) is 50.2 Å². The molecule has 0 saturated carbocycles. The first-order valence-corrected chi connectivity index (χ1v) is 8.14. The second kappa shape index (κ2) is 8.17. The van der Waals surface area contributed by atoms with E-state index in [9.17, 15) is 4.79 Å². The van der Waals surface area contributed by atoms with E-state index < -0.39 is 0 Å². The molecule has 0 radical (unpaired) electrons. The fraction of sp³-hybridized carbons (Fsp3) is 0.750. The van der Waals surface area contributed by atoms with E-state index >= 15 is 0 Å². The summed E-state index contributed by atoms with van der Waals surface area (Å²) >= 11 is 0. The van der Waals surface area contributed by atoms with Gasteiger partial charge in [0.25, 0.3) is 0 Å². The van der Waals surface area contributed by atoms with Crippen LogP contribution in [0, 0.1) is 0 Å². The van der Waals surface area contributed by atoms with Crippen molar-refractivity contribution >= 4 is 5.91 Å². The molecule has 1 aromatic rings. The third-order valence-electron chi connectivity index (χ3n) is 4.10. The third kappa shape index (κ3) is 5.50. The quantitative estimate of drug-likeness (QED) is 0.869. The summed E-state index contributed by atoms with van der Waals surface area (Å²) in [4.78, 5) is 14.3. The molecular weight excluding hydrogens is 264 g/mol. The van der Waals surface area contributed by atoms with Crippen molar-refractivity contribution in [2.75, 3.05) is 19.6 Å². The van der Waals surface area contributed by atoms with Gasteiger partial charge in [-0.25, -0.2) is 0 Å². The lowest BCUT2D eigenvalue weighted by Crippen LogP contribution is -2.38. The van der Waals surface area contributed by atoms with E-state index in [2.05, 4.69) is 17.3 Å². The van der Waals surface area contributed by atoms with Crippen LogP contribution in [0.3, 0.4) is 0 Å². The summed E-state index contributed by atoms with van der Waals surface area (Å²) in [5, 5.41) is 7.60. The van der Waals surface area contributed by atoms with Crippen molar-refractivity contribution in [3.63, 3.8) is 0 Å². The van der Waals surface area contributed by atoms with E-state index in [1.165, 1.54) is 18.4 Å². The van der Waals surface area contributed by atoms with Crippen molar-refractivity contribution < 1.29 is 4.79 Å². The number of nitrogens with one attached hydrogen (secondary N) is 1. The SMILES string of the molecule is C[C@H](CC(=O)N1CCCCCC1)NCCc1cnn(C)c1. The predicted molar refractivity (Wildman–Crippen MR) is 84.0 cm³/mol. The maximum atomic E-state index is 12.3. The summed E-state index contributed by atoms with van der Waals surface area (Å²) in [5.41, 5.74) is 1.23. The van der Waals surface area contributed by atoms with Crippen LogP contribution in [0.25, 0.3) is 0 Å². The first-order valence-electron chi connectivity index (χ1n) is 8.14. The summed E-state index contributed by atoms with van der Waals surface area (Å²) in [7, 11) is 1.93. The molecule has 0 unspecified atom stereocenters. The van der Waals surface area contributed by atoms with Crippen LogP contribution in [0.4, 0.5) is 0 Å². The number of hydrogen-bond donors (Lipinski definition) is 1. The molecule has 1 aliphatic heterocycles. The highest BCUT2D eigenvalue weighted by Crippen LogP contribution is 2.11. The molecule has 2 rings (SSSR count). The first-order chi connectivity index (χ1) is 10.1. The minimum absolute atomic E-state index is 0.234. The van der Waals surface area contributed by atoms with Gasteiger partial charge in [0.2, 0.25) is 5.91 Å². The fourth-order valence-electron chi connectivity index (χ4n) is 2.85. The molecule has 1 N–H and O–H groups in total. The van der Waals surface area contributed by atoms with Crippen molar-refractivity contribution in [1.82, 2.24) is 20.0 Å². The lowest BCUT2D eigenvalue weighted by atomic mass is 10.2. The van der Waals surface area contributed by atoms with Crippen LogP contribution in [-0.2, 0) is 18.3 Å². The van der Waals surface area contributed by atoms with Gasteiger partial charge < -0.3 is 10.2 Å². The summed E-state index contributed by atoms with van der Waals surface area (Å²) in [6.45, 7) is 4.88. The number of carbonyl (C=O) groups excluding carboxylic acids is 1. The number of hydrogen-bond acceptors (Lipinski definition) is 3. The molecule has 5 heteroatoms. The summed E-state index contributed by atoms with van der Waals surface area (Å²) < 4.78 is 1.82. The third-order valence-corrected chi connectivity index (χ3v) is 4.10. The van der Waals surface area contributed by atoms with Crippen molar-refractivity contribution in [1.29, 1.82) is 0 Å². The summed E-state index contributed by atoms with van der Waals surface area (Å²) in [5.74, 6) is 0.304. The van der Waals surface area contributed by atoms with Crippen LogP contribution in [0.1, 0.15) is 44.6 Å². The normalized spacial score (nSPS) is 17.5. The lowest BCUT2D eigenvalue weighted by molar-refractivity contribution is -0.131. The van der Waals surface area contributed by atoms with E-state index in [-0.39, 0.29) is 6.04 Å². The van der Waals surface area contributed by atoms with E-state index in [0.717, 1.165) is 38.9 Å². The van der Waals surface area contributed by atoms with E-state index in [1.807, 2.05) is 29.0 Å². The van der Waals surface area contributed by atoms with Crippen LogP contribution in [-0.4, -0.2) is 46.3 Å². The number of rotatable bonds is 6. The van der Waals surface area contributed by atoms with Crippen LogP contribution >= 0.6 is 0 Å². The Morgan fingerprint density at radius 1 is 1.33 bits per heavy atom. The second-order valence-corrected chi connectivity index (χ2v) is 6.13. The second-order valence-electron chi connectivity index (χ2n) is 6.13. The van der Waals surface area contributed by atoms with Gasteiger partial charge in [-0.1, -0.05) is 12.8 Å². The monoisotopic (exact) mass is 292 g/mol. The van der Waals surface area contributed by atoms with Gasteiger partial charge in [-0.15, -0.1) is 0 Å². The Hall–Kier alpha value is -1.36. The Kier molecular flexibility index (Phi) is 6.23. The Morgan fingerprint density at radius 2 is 2.05 bits per heavy atom. The zero-order valence-electron chi connectivity index (χ0n) is 13.3. The van der Waals surface area contributed by atoms with Gasteiger partial charge in [-0.2, -0.15) is 5.10 Å². The average Bonchev–Trinajstić information content (AvgIpc) is 2.71. The number of nitrogens with zero attached hydrogens (tertiary/aromatic N) is 3. The van der Waals surface area contributed by atoms with Crippen molar-refractivity contribution in [2.24, 2.45) is 7.05 Å². The maximum absolute atomic E-state index is 12.3. The Bertz CT molecular complexity index is 435. The molecule has 21 heavy (non-hydrogen) atoms. The van der Waals surface area contributed by atoms with Crippen LogP contribution in [0.5, 0.6) is 0 Å². The largest absolute Gasteiger partial charge is 0.343 e. The molecular formula is C16H28N4O. The van der Waals surface area contributed by atoms with Gasteiger partial charge in [0.1, 0.15) is 0 Å². The average molecular weight is 292 g/mol. The molecule has 0 aromatic carbocycles. The van der Waals surface area contributed by atoms with Gasteiger partial charge in [0, 0.05) is 38.8 Å². The first kappa shape index (κ1) is 16.0. The van der Waals surface area contributed by atoms with Crippen LogP contribution < -0.4 is 5.32 Å². The highest BCUT2D eigenvalue weighted by atomic mass is 16.2. The number of carbonyl (C=O) groups is 1. The summed E-state index contributed by atoms with van der Waals surface area (Å²) in [6, 6.07) is 0.234. The van der Waals surface area contributed by atoms with Gasteiger partial charge >= 0.3 is 0 Å². The molecule has 1 aliphatic rings. The molecule has 0 bridgehead atoms. The number of likely N-dealkylation sites (tertiary alicyclic amines) is 1. The smallest absolute Gasteiger partial charge is 0.224 e. The summed E-state index contributed by atoms with van der Waals surface area (Å²) in [6.07, 6.45) is 10.3. The molecule has 1 saturated heterocycles. The van der Waals surface area contributed by atoms with Crippen molar-refractivity contribution in [3.8, 4) is 0 Å². The standard InChI is InChI=1S/C16H28N4O/c1-14(17-8-7-15-12-18-19(2)13-15)11-16(21)20-9-5-3-4-6-10-20/h12-14,17H,3-11H2,1-2H3/t14-/m1/s1. The molecule has 118 valence electrons. The molecule has 0 spiro atoms. The van der Waals surface area contributed by atoms with E-state index in [4.69, 9.17) is 0 Å². The van der Waals surface area contributed by atoms with Gasteiger partial charge in [-0.3, -0.25) is 9.48 Å². The van der Waals surface area contributed by atoms with Crippen LogP contribution in [0.15, 0.2) is 12.4 Å². The zero-order chi connectivity index (χ0) is 15.1. The predicted octanol–water partition coefficient (Wildman–Crippen LogP) is 1.73. The highest BCUT2D eigenvalue weighted by molar-refractivity contribution is 5.76. The Balaban J connectivity index is 1.66. The van der Waals surface area contributed by atoms with E-state index in [1.54, 1.807) is 0 Å². The maximum Gasteiger partial charge on any atom is 0.224 e.